The number of methoxy groups -OCH3 is 3. The largest absolute Gasteiger partial charge is 0.496 e. The average molecular weight is 394 g/mol. The van der Waals surface area contributed by atoms with Gasteiger partial charge in [-0.15, -0.1) is 0 Å². The third kappa shape index (κ3) is 3.79. The van der Waals surface area contributed by atoms with E-state index in [9.17, 15) is 5.11 Å². The number of rotatable bonds is 9. The summed E-state index contributed by atoms with van der Waals surface area (Å²) in [5.41, 5.74) is 1.22. The van der Waals surface area contributed by atoms with Gasteiger partial charge in [-0.3, -0.25) is 0 Å². The van der Waals surface area contributed by atoms with Crippen LogP contribution in [0.3, 0.4) is 0 Å². The molecule has 0 aliphatic rings. The Balaban J connectivity index is 2.46. The van der Waals surface area contributed by atoms with Gasteiger partial charge in [0.1, 0.15) is 17.2 Å². The Hall–Kier alpha value is -3.02. The highest BCUT2D eigenvalue weighted by Crippen LogP contribution is 2.49. The molecule has 5 nitrogen and oxygen atoms in total. The maximum atomic E-state index is 9.63. The number of aliphatic hydroxyl groups excluding tert-OH is 1. The molecule has 0 spiro atoms. The predicted octanol–water partition coefficient (Wildman–Crippen LogP) is 4.01. The topological polar surface area (TPSA) is 57.2 Å². The van der Waals surface area contributed by atoms with Crippen molar-refractivity contribution in [3.63, 3.8) is 0 Å². The number of aliphatic hydroxyl groups is 1. The molecule has 0 bridgehead atoms. The number of hydrogen-bond acceptors (Lipinski definition) is 5. The molecule has 5 heteroatoms. The van der Waals surface area contributed by atoms with Gasteiger partial charge in [0, 0.05) is 16.7 Å². The monoisotopic (exact) mass is 394 g/mol. The van der Waals surface area contributed by atoms with Crippen LogP contribution in [0.1, 0.15) is 16.7 Å². The SMILES string of the molecule is COc1ccccc1C(OCCO)(c1ccccc1OC)c1ccccc1OC. The van der Waals surface area contributed by atoms with Crippen molar-refractivity contribution in [2.75, 3.05) is 34.5 Å². The molecule has 3 rings (SSSR count). The molecule has 0 aliphatic carbocycles. The van der Waals surface area contributed by atoms with E-state index in [2.05, 4.69) is 0 Å². The van der Waals surface area contributed by atoms with Crippen molar-refractivity contribution in [2.45, 2.75) is 5.60 Å². The fraction of sp³-hybridized carbons (Fsp3) is 0.250. The van der Waals surface area contributed by atoms with Crippen LogP contribution in [0.4, 0.5) is 0 Å². The highest BCUT2D eigenvalue weighted by atomic mass is 16.5. The number of para-hydroxylation sites is 3. The van der Waals surface area contributed by atoms with Gasteiger partial charge in [-0.05, 0) is 18.2 Å². The standard InChI is InChI=1S/C24H26O5/c1-26-21-13-7-4-10-18(21)24(29-17-16-25,19-11-5-8-14-22(19)27-2)20-12-6-9-15-23(20)28-3/h4-15,25H,16-17H2,1-3H3. The normalized spacial score (nSPS) is 11.2. The first-order valence-electron chi connectivity index (χ1n) is 9.38. The van der Waals surface area contributed by atoms with E-state index in [0.29, 0.717) is 17.2 Å². The number of ether oxygens (including phenoxy) is 4. The highest BCUT2D eigenvalue weighted by Gasteiger charge is 2.44. The van der Waals surface area contributed by atoms with Crippen molar-refractivity contribution in [1.29, 1.82) is 0 Å². The van der Waals surface area contributed by atoms with Crippen LogP contribution >= 0.6 is 0 Å². The summed E-state index contributed by atoms with van der Waals surface area (Å²) in [6.07, 6.45) is 0. The summed E-state index contributed by atoms with van der Waals surface area (Å²) in [4.78, 5) is 0. The second-order valence-electron chi connectivity index (χ2n) is 6.35. The first-order valence-corrected chi connectivity index (χ1v) is 9.38. The van der Waals surface area contributed by atoms with E-state index in [1.165, 1.54) is 0 Å². The molecule has 3 aromatic rings. The molecular weight excluding hydrogens is 368 g/mol. The Morgan fingerprint density at radius 3 is 1.28 bits per heavy atom. The lowest BCUT2D eigenvalue weighted by Crippen LogP contribution is -2.35. The molecule has 152 valence electrons. The molecule has 0 unspecified atom stereocenters. The lowest BCUT2D eigenvalue weighted by molar-refractivity contribution is -0.0102. The predicted molar refractivity (Wildman–Crippen MR) is 112 cm³/mol. The summed E-state index contributed by atoms with van der Waals surface area (Å²) in [7, 11) is 4.88. The first-order chi connectivity index (χ1) is 14.2. The highest BCUT2D eigenvalue weighted by molar-refractivity contribution is 5.59. The summed E-state index contributed by atoms with van der Waals surface area (Å²) in [5, 5.41) is 9.63. The Bertz CT molecular complexity index is 822. The number of hydrogen-bond donors (Lipinski definition) is 1. The second kappa shape index (κ2) is 9.45. The summed E-state index contributed by atoms with van der Waals surface area (Å²) < 4.78 is 23.6. The van der Waals surface area contributed by atoms with Gasteiger partial charge in [0.25, 0.3) is 0 Å². The Labute approximate surface area is 171 Å². The molecule has 0 saturated heterocycles. The van der Waals surface area contributed by atoms with Crippen molar-refractivity contribution < 1.29 is 24.1 Å². The molecule has 0 fully saturated rings. The van der Waals surface area contributed by atoms with E-state index in [4.69, 9.17) is 18.9 Å². The van der Waals surface area contributed by atoms with Gasteiger partial charge in [0.2, 0.25) is 0 Å². The van der Waals surface area contributed by atoms with Gasteiger partial charge in [-0.1, -0.05) is 54.6 Å². The van der Waals surface area contributed by atoms with Crippen LogP contribution in [0, 0.1) is 0 Å². The summed E-state index contributed by atoms with van der Waals surface area (Å²) in [5.74, 6) is 1.96. The van der Waals surface area contributed by atoms with Gasteiger partial charge < -0.3 is 24.1 Å². The van der Waals surface area contributed by atoms with Crippen molar-refractivity contribution in [3.05, 3.63) is 89.5 Å². The molecule has 1 N–H and O–H groups in total. The van der Waals surface area contributed by atoms with Gasteiger partial charge >= 0.3 is 0 Å². The minimum absolute atomic E-state index is 0.105. The maximum absolute atomic E-state index is 9.63. The van der Waals surface area contributed by atoms with Crippen LogP contribution in [0.25, 0.3) is 0 Å². The van der Waals surface area contributed by atoms with E-state index in [0.717, 1.165) is 16.7 Å². The van der Waals surface area contributed by atoms with E-state index in [1.807, 2.05) is 72.8 Å². The third-order valence-corrected chi connectivity index (χ3v) is 4.87. The van der Waals surface area contributed by atoms with Crippen molar-refractivity contribution in [1.82, 2.24) is 0 Å². The molecule has 0 atom stereocenters. The van der Waals surface area contributed by atoms with E-state index in [-0.39, 0.29) is 13.2 Å². The van der Waals surface area contributed by atoms with Crippen molar-refractivity contribution in [3.8, 4) is 17.2 Å². The van der Waals surface area contributed by atoms with E-state index < -0.39 is 5.60 Å². The minimum Gasteiger partial charge on any atom is -0.496 e. The summed E-state index contributed by atoms with van der Waals surface area (Å²) in [6.45, 7) is -0.0324. The molecule has 0 amide bonds. The van der Waals surface area contributed by atoms with E-state index in [1.54, 1.807) is 21.3 Å². The average Bonchev–Trinajstić information content (AvgIpc) is 2.80. The molecule has 0 aliphatic heterocycles. The molecule has 0 saturated carbocycles. The molecule has 3 aromatic carbocycles. The quantitative estimate of drug-likeness (QED) is 0.556. The van der Waals surface area contributed by atoms with Crippen LogP contribution in [0.15, 0.2) is 72.8 Å². The van der Waals surface area contributed by atoms with Gasteiger partial charge in [0.05, 0.1) is 34.5 Å². The van der Waals surface area contributed by atoms with Crippen molar-refractivity contribution in [2.24, 2.45) is 0 Å². The zero-order chi connectivity index (χ0) is 20.7. The van der Waals surface area contributed by atoms with Gasteiger partial charge in [-0.2, -0.15) is 0 Å². The zero-order valence-corrected chi connectivity index (χ0v) is 16.9. The summed E-state index contributed by atoms with van der Waals surface area (Å²) >= 11 is 0. The maximum Gasteiger partial charge on any atom is 0.154 e. The first kappa shape index (κ1) is 20.7. The second-order valence-corrected chi connectivity index (χ2v) is 6.35. The Kier molecular flexibility index (Phi) is 6.75. The Morgan fingerprint density at radius 1 is 0.621 bits per heavy atom. The minimum atomic E-state index is -1.13. The lowest BCUT2D eigenvalue weighted by Gasteiger charge is -2.38. The van der Waals surface area contributed by atoms with E-state index >= 15 is 0 Å². The van der Waals surface area contributed by atoms with Crippen LogP contribution in [0.2, 0.25) is 0 Å². The van der Waals surface area contributed by atoms with Crippen LogP contribution in [-0.4, -0.2) is 39.6 Å². The van der Waals surface area contributed by atoms with Crippen LogP contribution in [-0.2, 0) is 10.3 Å². The number of benzene rings is 3. The van der Waals surface area contributed by atoms with Crippen LogP contribution < -0.4 is 14.2 Å². The molecule has 0 radical (unpaired) electrons. The Morgan fingerprint density at radius 2 is 0.966 bits per heavy atom. The lowest BCUT2D eigenvalue weighted by atomic mass is 9.78. The third-order valence-electron chi connectivity index (χ3n) is 4.87. The fourth-order valence-corrected chi connectivity index (χ4v) is 3.67. The van der Waals surface area contributed by atoms with Crippen molar-refractivity contribution >= 4 is 0 Å². The van der Waals surface area contributed by atoms with Crippen LogP contribution in [0.5, 0.6) is 17.2 Å². The molecular formula is C24H26O5. The van der Waals surface area contributed by atoms with Gasteiger partial charge in [0.15, 0.2) is 5.60 Å². The zero-order valence-electron chi connectivity index (χ0n) is 16.9. The summed E-state index contributed by atoms with van der Waals surface area (Å²) in [6, 6.07) is 23.0. The smallest absolute Gasteiger partial charge is 0.154 e. The molecule has 0 heterocycles. The fourth-order valence-electron chi connectivity index (χ4n) is 3.67. The molecule has 29 heavy (non-hydrogen) atoms. The molecule has 0 aromatic heterocycles. The van der Waals surface area contributed by atoms with Gasteiger partial charge in [-0.25, -0.2) is 0 Å².